The van der Waals surface area contributed by atoms with Crippen LogP contribution in [0.15, 0.2) is 0 Å². The molecular formula is C17H28O5. The molecular weight excluding hydrogens is 284 g/mol. The lowest BCUT2D eigenvalue weighted by Crippen LogP contribution is -2.38. The second-order valence-corrected chi connectivity index (χ2v) is 7.43. The molecule has 0 aromatic rings. The van der Waals surface area contributed by atoms with E-state index in [1.807, 2.05) is 0 Å². The molecule has 5 nitrogen and oxygen atoms in total. The van der Waals surface area contributed by atoms with Crippen molar-refractivity contribution in [3.63, 3.8) is 0 Å². The standard InChI is InChI=1S/C17H28O5/c18-16(7-3-1-4-8-16)19-12-13-11-14-15(20-13)22-17(21-14)9-5-2-6-10-17/h13-15,18H,1-12H2/t13-,14-,15-/m0/s1. The van der Waals surface area contributed by atoms with E-state index in [1.54, 1.807) is 0 Å². The lowest BCUT2D eigenvalue weighted by Gasteiger charge is -2.34. The predicted molar refractivity (Wildman–Crippen MR) is 79.0 cm³/mol. The zero-order chi connectivity index (χ0) is 15.0. The molecule has 1 N–H and O–H groups in total. The van der Waals surface area contributed by atoms with Crippen molar-refractivity contribution in [1.82, 2.24) is 0 Å². The molecule has 0 amide bonds. The number of ether oxygens (including phenoxy) is 4. The molecule has 3 atom stereocenters. The second kappa shape index (κ2) is 6.02. The van der Waals surface area contributed by atoms with Gasteiger partial charge in [0, 0.05) is 32.1 Å². The van der Waals surface area contributed by atoms with Gasteiger partial charge in [0.25, 0.3) is 0 Å². The van der Waals surface area contributed by atoms with Crippen molar-refractivity contribution >= 4 is 0 Å². The van der Waals surface area contributed by atoms with E-state index >= 15 is 0 Å². The average Bonchev–Trinajstić information content (AvgIpc) is 3.02. The molecule has 2 saturated heterocycles. The van der Waals surface area contributed by atoms with Gasteiger partial charge in [-0.2, -0.15) is 0 Å². The van der Waals surface area contributed by atoms with E-state index in [-0.39, 0.29) is 24.3 Å². The zero-order valence-corrected chi connectivity index (χ0v) is 13.3. The maximum atomic E-state index is 10.4. The van der Waals surface area contributed by atoms with Crippen molar-refractivity contribution in [2.75, 3.05) is 6.61 Å². The summed E-state index contributed by atoms with van der Waals surface area (Å²) in [5.41, 5.74) is 0. The van der Waals surface area contributed by atoms with Gasteiger partial charge in [-0.3, -0.25) is 0 Å². The minimum Gasteiger partial charge on any atom is -0.365 e. The molecule has 0 radical (unpaired) electrons. The summed E-state index contributed by atoms with van der Waals surface area (Å²) in [5.74, 6) is -1.31. The van der Waals surface area contributed by atoms with Crippen LogP contribution in [0.3, 0.4) is 0 Å². The molecule has 126 valence electrons. The van der Waals surface area contributed by atoms with Crippen LogP contribution in [0.1, 0.15) is 70.6 Å². The Bertz CT molecular complexity index is 371. The Hall–Kier alpha value is -0.200. The minimum absolute atomic E-state index is 0.0260. The van der Waals surface area contributed by atoms with E-state index < -0.39 is 5.79 Å². The van der Waals surface area contributed by atoms with Crippen molar-refractivity contribution in [3.8, 4) is 0 Å². The van der Waals surface area contributed by atoms with Gasteiger partial charge in [-0.1, -0.05) is 12.8 Å². The maximum absolute atomic E-state index is 10.4. The third kappa shape index (κ3) is 3.06. The maximum Gasteiger partial charge on any atom is 0.187 e. The second-order valence-electron chi connectivity index (χ2n) is 7.43. The number of hydrogen-bond acceptors (Lipinski definition) is 5. The summed E-state index contributed by atoms with van der Waals surface area (Å²) in [5, 5.41) is 10.4. The largest absolute Gasteiger partial charge is 0.365 e. The lowest BCUT2D eigenvalue weighted by molar-refractivity contribution is -0.260. The topological polar surface area (TPSA) is 57.2 Å². The Morgan fingerprint density at radius 2 is 1.59 bits per heavy atom. The van der Waals surface area contributed by atoms with E-state index in [9.17, 15) is 5.11 Å². The molecule has 22 heavy (non-hydrogen) atoms. The van der Waals surface area contributed by atoms with Crippen LogP contribution in [0.25, 0.3) is 0 Å². The predicted octanol–water partition coefficient (Wildman–Crippen LogP) is 2.85. The molecule has 0 unspecified atom stereocenters. The monoisotopic (exact) mass is 312 g/mol. The van der Waals surface area contributed by atoms with Crippen molar-refractivity contribution in [3.05, 3.63) is 0 Å². The van der Waals surface area contributed by atoms with Gasteiger partial charge in [0.2, 0.25) is 0 Å². The number of hydrogen-bond donors (Lipinski definition) is 1. The van der Waals surface area contributed by atoms with E-state index in [0.29, 0.717) is 6.61 Å². The van der Waals surface area contributed by atoms with Crippen LogP contribution >= 0.6 is 0 Å². The highest BCUT2D eigenvalue weighted by Gasteiger charge is 2.53. The van der Waals surface area contributed by atoms with E-state index in [0.717, 1.165) is 44.9 Å². The average molecular weight is 312 g/mol. The SMILES string of the molecule is OC1(OC[C@@H]2C[C@@H]3OC4(CCCCC4)O[C@@H]3O2)CCCCC1. The van der Waals surface area contributed by atoms with Crippen LogP contribution in [0.5, 0.6) is 0 Å². The Morgan fingerprint density at radius 3 is 2.27 bits per heavy atom. The van der Waals surface area contributed by atoms with Crippen LogP contribution in [0.4, 0.5) is 0 Å². The highest BCUT2D eigenvalue weighted by molar-refractivity contribution is 4.90. The Kier molecular flexibility index (Phi) is 4.20. The van der Waals surface area contributed by atoms with Gasteiger partial charge in [0.15, 0.2) is 17.9 Å². The molecule has 2 heterocycles. The van der Waals surface area contributed by atoms with Gasteiger partial charge < -0.3 is 24.1 Å². The van der Waals surface area contributed by atoms with Crippen LogP contribution in [0.2, 0.25) is 0 Å². The van der Waals surface area contributed by atoms with Crippen LogP contribution in [-0.4, -0.2) is 41.8 Å². The van der Waals surface area contributed by atoms with Gasteiger partial charge in [-0.25, -0.2) is 0 Å². The summed E-state index contributed by atoms with van der Waals surface area (Å²) in [6.07, 6.45) is 11.0. The summed E-state index contributed by atoms with van der Waals surface area (Å²) in [6.45, 7) is 0.434. The first-order chi connectivity index (χ1) is 10.7. The molecule has 4 aliphatic rings. The van der Waals surface area contributed by atoms with Crippen LogP contribution in [-0.2, 0) is 18.9 Å². The van der Waals surface area contributed by atoms with Crippen LogP contribution < -0.4 is 0 Å². The number of aliphatic hydroxyl groups is 1. The van der Waals surface area contributed by atoms with E-state index in [1.165, 1.54) is 25.7 Å². The number of fused-ring (bicyclic) bond motifs is 1. The van der Waals surface area contributed by atoms with Gasteiger partial charge >= 0.3 is 0 Å². The first-order valence-corrected chi connectivity index (χ1v) is 9.04. The van der Waals surface area contributed by atoms with Gasteiger partial charge in [-0.05, 0) is 25.7 Å². The van der Waals surface area contributed by atoms with Crippen molar-refractivity contribution in [2.45, 2.75) is 101 Å². The fourth-order valence-electron chi connectivity index (χ4n) is 4.36. The molecule has 2 saturated carbocycles. The third-order valence-electron chi connectivity index (χ3n) is 5.61. The highest BCUT2D eigenvalue weighted by Crippen LogP contribution is 2.45. The van der Waals surface area contributed by atoms with E-state index in [4.69, 9.17) is 18.9 Å². The smallest absolute Gasteiger partial charge is 0.187 e. The van der Waals surface area contributed by atoms with Crippen molar-refractivity contribution in [2.24, 2.45) is 0 Å². The Labute approximate surface area is 132 Å². The summed E-state index contributed by atoms with van der Waals surface area (Å²) in [7, 11) is 0. The fourth-order valence-corrected chi connectivity index (χ4v) is 4.36. The molecule has 2 aliphatic carbocycles. The van der Waals surface area contributed by atoms with Gasteiger partial charge in [0.05, 0.1) is 12.7 Å². The molecule has 0 aromatic heterocycles. The summed E-state index contributed by atoms with van der Waals surface area (Å²) in [4.78, 5) is 0. The van der Waals surface area contributed by atoms with Gasteiger partial charge in [-0.15, -0.1) is 0 Å². The molecule has 2 aliphatic heterocycles. The Balaban J connectivity index is 1.26. The van der Waals surface area contributed by atoms with Gasteiger partial charge in [0.1, 0.15) is 6.10 Å². The quantitative estimate of drug-likeness (QED) is 0.812. The molecule has 0 aromatic carbocycles. The normalized spacial score (nSPS) is 40.0. The molecule has 4 fully saturated rings. The molecule has 5 heteroatoms. The Morgan fingerprint density at radius 1 is 0.909 bits per heavy atom. The molecule has 4 rings (SSSR count). The third-order valence-corrected chi connectivity index (χ3v) is 5.61. The molecule has 0 bridgehead atoms. The molecule has 1 spiro atoms. The summed E-state index contributed by atoms with van der Waals surface area (Å²) in [6, 6.07) is 0. The fraction of sp³-hybridized carbons (Fsp3) is 1.00. The van der Waals surface area contributed by atoms with Crippen LogP contribution in [0, 0.1) is 0 Å². The minimum atomic E-state index is -0.939. The first kappa shape index (κ1) is 15.3. The first-order valence-electron chi connectivity index (χ1n) is 9.04. The highest BCUT2D eigenvalue weighted by atomic mass is 16.8. The zero-order valence-electron chi connectivity index (χ0n) is 13.3. The van der Waals surface area contributed by atoms with Crippen molar-refractivity contribution in [1.29, 1.82) is 0 Å². The summed E-state index contributed by atoms with van der Waals surface area (Å²) < 4.78 is 24.0. The number of rotatable bonds is 3. The van der Waals surface area contributed by atoms with Crippen molar-refractivity contribution < 1.29 is 24.1 Å². The van der Waals surface area contributed by atoms with E-state index in [2.05, 4.69) is 0 Å². The summed E-state index contributed by atoms with van der Waals surface area (Å²) >= 11 is 0. The lowest BCUT2D eigenvalue weighted by atomic mass is 9.94.